The predicted molar refractivity (Wildman–Crippen MR) is 104 cm³/mol. The van der Waals surface area contributed by atoms with E-state index in [2.05, 4.69) is 44.9 Å². The molecule has 0 spiro atoms. The fourth-order valence-corrected chi connectivity index (χ4v) is 20.5. The number of likely N-dealkylation sites (tertiary alicyclic amines) is 1. The zero-order chi connectivity index (χ0) is 16.3. The van der Waals surface area contributed by atoms with Crippen LogP contribution in [0.5, 0.6) is 0 Å². The first-order valence-electron chi connectivity index (χ1n) is 10.1. The fraction of sp³-hybridized carbons (Fsp3) is 0.900. The Bertz CT molecular complexity index is 272. The second-order valence-corrected chi connectivity index (χ2v) is 22.2. The molecular formula is C20H41NSn. The van der Waals surface area contributed by atoms with E-state index in [0.717, 1.165) is 3.93 Å². The summed E-state index contributed by atoms with van der Waals surface area (Å²) in [5.41, 5.74) is 0. The molecule has 0 saturated carbocycles. The van der Waals surface area contributed by atoms with E-state index in [1.54, 1.807) is 13.3 Å². The molecule has 0 aromatic carbocycles. The first kappa shape index (κ1) is 20.4. The third-order valence-corrected chi connectivity index (χ3v) is 23.4. The number of allylic oxidation sites excluding steroid dienone is 1. The van der Waals surface area contributed by atoms with Crippen molar-refractivity contribution in [3.05, 3.63) is 12.3 Å². The van der Waals surface area contributed by atoms with Crippen molar-refractivity contribution < 1.29 is 0 Å². The molecule has 22 heavy (non-hydrogen) atoms. The van der Waals surface area contributed by atoms with Crippen LogP contribution < -0.4 is 0 Å². The van der Waals surface area contributed by atoms with Gasteiger partial charge in [0, 0.05) is 0 Å². The topological polar surface area (TPSA) is 3.24 Å². The summed E-state index contributed by atoms with van der Waals surface area (Å²) >= 11 is -2.02. The minimum atomic E-state index is -2.02. The van der Waals surface area contributed by atoms with Crippen molar-refractivity contribution in [2.45, 2.75) is 96.3 Å². The predicted octanol–water partition coefficient (Wildman–Crippen LogP) is 6.84. The van der Waals surface area contributed by atoms with Crippen molar-refractivity contribution in [2.24, 2.45) is 0 Å². The summed E-state index contributed by atoms with van der Waals surface area (Å²) in [6, 6.07) is 0. The molecule has 1 rings (SSSR count). The molecule has 1 atom stereocenters. The average molecular weight is 414 g/mol. The number of nitrogens with zero attached hydrogens (tertiary/aromatic N) is 1. The Balaban J connectivity index is 2.76. The van der Waals surface area contributed by atoms with Gasteiger partial charge in [-0.25, -0.2) is 0 Å². The molecule has 0 aromatic rings. The van der Waals surface area contributed by atoms with Gasteiger partial charge in [-0.15, -0.1) is 0 Å². The zero-order valence-corrected chi connectivity index (χ0v) is 18.7. The van der Waals surface area contributed by atoms with Gasteiger partial charge in [0.25, 0.3) is 0 Å². The van der Waals surface area contributed by atoms with Gasteiger partial charge in [-0.3, -0.25) is 0 Å². The summed E-state index contributed by atoms with van der Waals surface area (Å²) in [5.74, 6) is 0. The van der Waals surface area contributed by atoms with E-state index in [1.165, 1.54) is 64.5 Å². The van der Waals surface area contributed by atoms with Crippen molar-refractivity contribution in [1.29, 1.82) is 0 Å². The Labute approximate surface area is 144 Å². The van der Waals surface area contributed by atoms with Gasteiger partial charge < -0.3 is 0 Å². The third kappa shape index (κ3) is 6.84. The van der Waals surface area contributed by atoms with Gasteiger partial charge in [0.05, 0.1) is 0 Å². The Morgan fingerprint density at radius 1 is 0.864 bits per heavy atom. The molecule has 1 unspecified atom stereocenters. The minimum absolute atomic E-state index is 0.930. The Morgan fingerprint density at radius 3 is 1.73 bits per heavy atom. The maximum absolute atomic E-state index is 2.64. The molecule has 1 fully saturated rings. The molecule has 130 valence electrons. The summed E-state index contributed by atoms with van der Waals surface area (Å²) in [5, 5.41) is 0. The molecule has 1 heterocycles. The van der Waals surface area contributed by atoms with E-state index in [0.29, 0.717) is 0 Å². The number of hydrogen-bond acceptors (Lipinski definition) is 1. The molecule has 1 saturated heterocycles. The van der Waals surface area contributed by atoms with Gasteiger partial charge in [-0.1, -0.05) is 0 Å². The summed E-state index contributed by atoms with van der Waals surface area (Å²) in [6.45, 7) is 12.3. The normalized spacial score (nSPS) is 17.5. The Hall–Kier alpha value is 0.339. The molecular weight excluding hydrogens is 373 g/mol. The number of unbranched alkanes of at least 4 members (excludes halogenated alkanes) is 3. The first-order valence-corrected chi connectivity index (χ1v) is 17.8. The van der Waals surface area contributed by atoms with Crippen LogP contribution in [0.15, 0.2) is 12.3 Å². The number of hydrogen-bond donors (Lipinski definition) is 0. The van der Waals surface area contributed by atoms with Gasteiger partial charge in [0.15, 0.2) is 0 Å². The molecule has 0 bridgehead atoms. The Kier molecular flexibility index (Phi) is 10.9. The Morgan fingerprint density at radius 2 is 1.32 bits per heavy atom. The molecule has 1 aliphatic rings. The summed E-state index contributed by atoms with van der Waals surface area (Å²) in [7, 11) is 0. The molecule has 2 heteroatoms. The molecule has 0 radical (unpaired) electrons. The average Bonchev–Trinajstić information content (AvgIpc) is 3.05. The van der Waals surface area contributed by atoms with Crippen LogP contribution >= 0.6 is 0 Å². The summed E-state index contributed by atoms with van der Waals surface area (Å²) in [4.78, 5) is 2.56. The van der Waals surface area contributed by atoms with Gasteiger partial charge in [0.1, 0.15) is 0 Å². The van der Waals surface area contributed by atoms with Gasteiger partial charge >= 0.3 is 145 Å². The van der Waals surface area contributed by atoms with Crippen molar-refractivity contribution in [3.8, 4) is 0 Å². The maximum atomic E-state index is 2.64. The SMILES string of the molecule is CCC[CH2][Sn]([CH2]CCC)([CH2]CCC)[CH](C)/C=C/N1CCCC1. The van der Waals surface area contributed by atoms with Crippen LogP contribution in [-0.4, -0.2) is 36.4 Å². The third-order valence-electron chi connectivity index (χ3n) is 5.78. The zero-order valence-electron chi connectivity index (χ0n) is 15.9. The molecule has 0 aromatic heterocycles. The summed E-state index contributed by atoms with van der Waals surface area (Å²) in [6.07, 6.45) is 16.6. The van der Waals surface area contributed by atoms with E-state index in [9.17, 15) is 0 Å². The second kappa shape index (κ2) is 11.8. The van der Waals surface area contributed by atoms with Crippen LogP contribution in [0.25, 0.3) is 0 Å². The van der Waals surface area contributed by atoms with Gasteiger partial charge in [-0.2, -0.15) is 0 Å². The second-order valence-electron chi connectivity index (χ2n) is 7.55. The van der Waals surface area contributed by atoms with Crippen molar-refractivity contribution in [2.75, 3.05) is 13.1 Å². The monoisotopic (exact) mass is 415 g/mol. The number of rotatable bonds is 12. The van der Waals surface area contributed by atoms with Crippen LogP contribution in [0.2, 0.25) is 17.2 Å². The fourth-order valence-electron chi connectivity index (χ4n) is 3.99. The van der Waals surface area contributed by atoms with Crippen LogP contribution in [0, 0.1) is 0 Å². The first-order chi connectivity index (χ1) is 10.7. The van der Waals surface area contributed by atoms with Crippen molar-refractivity contribution >= 4 is 18.4 Å². The van der Waals surface area contributed by atoms with E-state index in [4.69, 9.17) is 0 Å². The van der Waals surface area contributed by atoms with Crippen LogP contribution in [0.1, 0.15) is 79.1 Å². The molecule has 1 nitrogen and oxygen atoms in total. The van der Waals surface area contributed by atoms with Crippen LogP contribution in [0.3, 0.4) is 0 Å². The summed E-state index contributed by atoms with van der Waals surface area (Å²) < 4.78 is 5.84. The van der Waals surface area contributed by atoms with Crippen molar-refractivity contribution in [3.63, 3.8) is 0 Å². The van der Waals surface area contributed by atoms with Gasteiger partial charge in [-0.05, 0) is 0 Å². The molecule has 0 aliphatic carbocycles. The van der Waals surface area contributed by atoms with Gasteiger partial charge in [0.2, 0.25) is 0 Å². The quantitative estimate of drug-likeness (QED) is 0.316. The van der Waals surface area contributed by atoms with E-state index in [1.807, 2.05) is 0 Å². The molecule has 0 amide bonds. The molecule has 0 N–H and O–H groups in total. The molecule has 1 aliphatic heterocycles. The van der Waals surface area contributed by atoms with E-state index < -0.39 is 18.4 Å². The van der Waals surface area contributed by atoms with E-state index >= 15 is 0 Å². The van der Waals surface area contributed by atoms with Crippen LogP contribution in [0.4, 0.5) is 0 Å². The van der Waals surface area contributed by atoms with Crippen molar-refractivity contribution in [1.82, 2.24) is 4.90 Å². The van der Waals surface area contributed by atoms with Crippen LogP contribution in [-0.2, 0) is 0 Å². The standard InChI is InChI=1S/C8H14N.3C4H9.Sn/c1-2-3-6-9-7-4-5-8-9;3*1-3-4-2;/h2-3,6H,4-5,7-8H2,1H3;3*1,3-4H2,2H3;/b6-3+;;;;. The van der Waals surface area contributed by atoms with E-state index in [-0.39, 0.29) is 0 Å².